The van der Waals surface area contributed by atoms with Crippen LogP contribution in [-0.4, -0.2) is 31.3 Å². The molecule has 1 aliphatic heterocycles. The molecule has 0 unspecified atom stereocenters. The number of carbonyl (C=O) groups is 1. The van der Waals surface area contributed by atoms with Crippen LogP contribution in [0.4, 0.5) is 11.4 Å². The van der Waals surface area contributed by atoms with Crippen molar-refractivity contribution in [2.75, 3.05) is 25.1 Å². The summed E-state index contributed by atoms with van der Waals surface area (Å²) in [5.41, 5.74) is 2.87. The number of hydrogen-bond acceptors (Lipinski definition) is 5. The lowest BCUT2D eigenvalue weighted by atomic mass is 10.1. The summed E-state index contributed by atoms with van der Waals surface area (Å²) in [6.07, 6.45) is 1.88. The van der Waals surface area contributed by atoms with E-state index in [1.807, 2.05) is 42.5 Å². The highest BCUT2D eigenvalue weighted by atomic mass is 79.9. The van der Waals surface area contributed by atoms with E-state index in [-0.39, 0.29) is 5.91 Å². The Morgan fingerprint density at radius 1 is 1.18 bits per heavy atom. The number of rotatable bonds is 6. The standard InChI is InChI=1S/C21H22BrN3O2S/c1-4-25(5-2)18-11-6-14(12-17(18)22)13-19-20(26)24-21(28-19)23-15-7-9-16(27-3)10-8-15/h6-13H,4-5H2,1-3H3,(H,23,24,26)/b19-13+. The van der Waals surface area contributed by atoms with E-state index < -0.39 is 0 Å². The number of hydrogen-bond donors (Lipinski definition) is 1. The first-order chi connectivity index (χ1) is 13.5. The molecule has 1 aliphatic rings. The van der Waals surface area contributed by atoms with E-state index >= 15 is 0 Å². The van der Waals surface area contributed by atoms with Crippen LogP contribution in [0.1, 0.15) is 19.4 Å². The molecule has 1 saturated heterocycles. The van der Waals surface area contributed by atoms with Crippen molar-refractivity contribution in [1.82, 2.24) is 5.32 Å². The summed E-state index contributed by atoms with van der Waals surface area (Å²) in [5, 5.41) is 3.39. The Morgan fingerprint density at radius 2 is 1.89 bits per heavy atom. The highest BCUT2D eigenvalue weighted by Gasteiger charge is 2.24. The fourth-order valence-corrected chi connectivity index (χ4v) is 4.33. The van der Waals surface area contributed by atoms with Crippen LogP contribution in [0, 0.1) is 0 Å². The van der Waals surface area contributed by atoms with E-state index in [4.69, 9.17) is 4.74 Å². The normalized spacial score (nSPS) is 16.5. The van der Waals surface area contributed by atoms with Crippen LogP contribution >= 0.6 is 27.7 Å². The van der Waals surface area contributed by atoms with E-state index in [2.05, 4.69) is 51.1 Å². The second-order valence-corrected chi connectivity index (χ2v) is 7.95. The molecule has 28 heavy (non-hydrogen) atoms. The molecule has 0 atom stereocenters. The zero-order valence-electron chi connectivity index (χ0n) is 16.0. The van der Waals surface area contributed by atoms with Crippen molar-refractivity contribution >= 4 is 56.2 Å². The Balaban J connectivity index is 1.78. The maximum atomic E-state index is 12.3. The summed E-state index contributed by atoms with van der Waals surface area (Å²) in [6, 6.07) is 13.5. The molecule has 0 radical (unpaired) electrons. The minimum atomic E-state index is -0.138. The van der Waals surface area contributed by atoms with Gasteiger partial charge >= 0.3 is 0 Å². The van der Waals surface area contributed by atoms with E-state index in [1.54, 1.807) is 7.11 Å². The van der Waals surface area contributed by atoms with Gasteiger partial charge in [0.05, 0.1) is 23.4 Å². The Kier molecular flexibility index (Phi) is 6.80. The lowest BCUT2D eigenvalue weighted by Crippen LogP contribution is -2.22. The van der Waals surface area contributed by atoms with Crippen LogP contribution in [0.15, 0.2) is 56.8 Å². The van der Waals surface area contributed by atoms with Gasteiger partial charge in [-0.3, -0.25) is 4.79 Å². The van der Waals surface area contributed by atoms with Gasteiger partial charge in [-0.05, 0) is 89.6 Å². The van der Waals surface area contributed by atoms with Crippen LogP contribution in [0.3, 0.4) is 0 Å². The lowest BCUT2D eigenvalue weighted by molar-refractivity contribution is -0.115. The van der Waals surface area contributed by atoms with Crippen molar-refractivity contribution < 1.29 is 9.53 Å². The number of anilines is 1. The van der Waals surface area contributed by atoms with Gasteiger partial charge in [-0.25, -0.2) is 4.99 Å². The summed E-state index contributed by atoms with van der Waals surface area (Å²) in [6.45, 7) is 6.15. The quantitative estimate of drug-likeness (QED) is 0.603. The van der Waals surface area contributed by atoms with Gasteiger partial charge in [0, 0.05) is 17.6 Å². The first-order valence-electron chi connectivity index (χ1n) is 9.02. The SMILES string of the molecule is CCN(CC)c1ccc(/C=C2/SC(=Nc3ccc(OC)cc3)NC2=O)cc1Br. The van der Waals surface area contributed by atoms with Crippen LogP contribution in [0.25, 0.3) is 6.08 Å². The third kappa shape index (κ3) is 4.77. The molecule has 1 fully saturated rings. The predicted octanol–water partition coefficient (Wildman–Crippen LogP) is 5.20. The molecule has 0 aliphatic carbocycles. The zero-order valence-corrected chi connectivity index (χ0v) is 18.4. The second-order valence-electron chi connectivity index (χ2n) is 6.06. The number of amidine groups is 1. The minimum Gasteiger partial charge on any atom is -0.497 e. The molecule has 3 rings (SSSR count). The molecule has 1 heterocycles. The molecule has 1 amide bonds. The van der Waals surface area contributed by atoms with Gasteiger partial charge in [-0.15, -0.1) is 0 Å². The molecule has 0 spiro atoms. The molecule has 146 valence electrons. The van der Waals surface area contributed by atoms with Crippen molar-refractivity contribution in [3.05, 3.63) is 57.4 Å². The number of thioether (sulfide) groups is 1. The summed E-state index contributed by atoms with van der Waals surface area (Å²) < 4.78 is 6.16. The molecule has 2 aromatic rings. The molecule has 2 aromatic carbocycles. The van der Waals surface area contributed by atoms with Crippen molar-refractivity contribution in [3.8, 4) is 5.75 Å². The number of halogens is 1. The van der Waals surface area contributed by atoms with Crippen molar-refractivity contribution in [2.24, 2.45) is 4.99 Å². The largest absolute Gasteiger partial charge is 0.497 e. The Labute approximate surface area is 178 Å². The first-order valence-corrected chi connectivity index (χ1v) is 10.6. The highest BCUT2D eigenvalue weighted by Crippen LogP contribution is 2.31. The Morgan fingerprint density at radius 3 is 2.50 bits per heavy atom. The summed E-state index contributed by atoms with van der Waals surface area (Å²) in [5.74, 6) is 0.632. The molecule has 0 saturated carbocycles. The number of benzene rings is 2. The third-order valence-electron chi connectivity index (χ3n) is 4.33. The van der Waals surface area contributed by atoms with Gasteiger partial charge in [0.25, 0.3) is 5.91 Å². The fourth-order valence-electron chi connectivity index (χ4n) is 2.84. The molecule has 7 heteroatoms. The number of methoxy groups -OCH3 is 1. The number of ether oxygens (including phenoxy) is 1. The number of amides is 1. The van der Waals surface area contributed by atoms with E-state index in [9.17, 15) is 4.79 Å². The van der Waals surface area contributed by atoms with Gasteiger partial charge in [-0.1, -0.05) is 6.07 Å². The minimum absolute atomic E-state index is 0.138. The van der Waals surface area contributed by atoms with Gasteiger partial charge in [0.15, 0.2) is 5.17 Å². The van der Waals surface area contributed by atoms with Crippen LogP contribution in [0.2, 0.25) is 0 Å². The van der Waals surface area contributed by atoms with Gasteiger partial charge < -0.3 is 15.0 Å². The molecular weight excluding hydrogens is 438 g/mol. The molecule has 0 aromatic heterocycles. The number of aliphatic imine (C=N–C) groups is 1. The third-order valence-corrected chi connectivity index (χ3v) is 5.87. The molecule has 5 nitrogen and oxygen atoms in total. The lowest BCUT2D eigenvalue weighted by Gasteiger charge is -2.22. The van der Waals surface area contributed by atoms with Gasteiger partial charge in [0.1, 0.15) is 5.75 Å². The summed E-state index contributed by atoms with van der Waals surface area (Å²) in [4.78, 5) is 19.7. The average Bonchev–Trinajstić information content (AvgIpc) is 3.03. The number of nitrogens with zero attached hydrogens (tertiary/aromatic N) is 2. The van der Waals surface area contributed by atoms with Gasteiger partial charge in [0.2, 0.25) is 0 Å². The fraction of sp³-hybridized carbons (Fsp3) is 0.238. The zero-order chi connectivity index (χ0) is 20.1. The molecular formula is C21H22BrN3O2S. The highest BCUT2D eigenvalue weighted by molar-refractivity contribution is 9.10. The summed E-state index contributed by atoms with van der Waals surface area (Å²) >= 11 is 4.99. The number of carbonyl (C=O) groups excluding carboxylic acids is 1. The van der Waals surface area contributed by atoms with Crippen molar-refractivity contribution in [3.63, 3.8) is 0 Å². The Bertz CT molecular complexity index is 922. The van der Waals surface area contributed by atoms with Crippen LogP contribution in [0.5, 0.6) is 5.75 Å². The topological polar surface area (TPSA) is 53.9 Å². The van der Waals surface area contributed by atoms with Crippen molar-refractivity contribution in [1.29, 1.82) is 0 Å². The van der Waals surface area contributed by atoms with Gasteiger partial charge in [-0.2, -0.15) is 0 Å². The average molecular weight is 460 g/mol. The van der Waals surface area contributed by atoms with Crippen molar-refractivity contribution in [2.45, 2.75) is 13.8 Å². The summed E-state index contributed by atoms with van der Waals surface area (Å²) in [7, 11) is 1.62. The maximum absolute atomic E-state index is 12.3. The maximum Gasteiger partial charge on any atom is 0.264 e. The van der Waals surface area contributed by atoms with E-state index in [0.717, 1.165) is 40.2 Å². The van der Waals surface area contributed by atoms with Crippen LogP contribution in [-0.2, 0) is 4.79 Å². The Hall–Kier alpha value is -2.25. The molecule has 1 N–H and O–H groups in total. The first kappa shape index (κ1) is 20.5. The predicted molar refractivity (Wildman–Crippen MR) is 122 cm³/mol. The monoisotopic (exact) mass is 459 g/mol. The van der Waals surface area contributed by atoms with Crippen LogP contribution < -0.4 is 15.0 Å². The number of nitrogens with one attached hydrogen (secondary N) is 1. The van der Waals surface area contributed by atoms with E-state index in [1.165, 1.54) is 11.8 Å². The molecule has 0 bridgehead atoms. The smallest absolute Gasteiger partial charge is 0.264 e. The van der Waals surface area contributed by atoms with E-state index in [0.29, 0.717) is 10.1 Å². The second kappa shape index (κ2) is 9.30.